The molecule has 0 aromatic heterocycles. The van der Waals surface area contributed by atoms with Crippen molar-refractivity contribution in [2.24, 2.45) is 0 Å². The minimum absolute atomic E-state index is 0.000509. The third-order valence-corrected chi connectivity index (χ3v) is 2.36. The van der Waals surface area contributed by atoms with E-state index in [0.717, 1.165) is 24.2 Å². The molecule has 0 atom stereocenters. The van der Waals surface area contributed by atoms with Crippen LogP contribution in [-0.2, 0) is 13.1 Å². The summed E-state index contributed by atoms with van der Waals surface area (Å²) in [7, 11) is 1.66. The van der Waals surface area contributed by atoms with Gasteiger partial charge in [-0.1, -0.05) is 12.1 Å². The van der Waals surface area contributed by atoms with Gasteiger partial charge in [-0.15, -0.1) is 0 Å². The number of amides is 1. The Morgan fingerprint density at radius 3 is 3.08 bits per heavy atom. The second kappa shape index (κ2) is 3.18. The smallest absolute Gasteiger partial charge is 0.251 e. The Bertz CT molecular complexity index is 347. The highest BCUT2D eigenvalue weighted by atomic mass is 16.1. The molecule has 0 saturated heterocycles. The topological polar surface area (TPSA) is 41.1 Å². The first-order valence-corrected chi connectivity index (χ1v) is 4.36. The zero-order valence-electron chi connectivity index (χ0n) is 7.55. The molecule has 13 heavy (non-hydrogen) atoms. The third kappa shape index (κ3) is 1.31. The lowest BCUT2D eigenvalue weighted by Gasteiger charge is -2.05. The van der Waals surface area contributed by atoms with E-state index in [2.05, 4.69) is 16.7 Å². The first-order valence-electron chi connectivity index (χ1n) is 4.36. The molecular formula is C10H12N2O. The Hall–Kier alpha value is -1.35. The van der Waals surface area contributed by atoms with Gasteiger partial charge in [-0.3, -0.25) is 4.79 Å². The van der Waals surface area contributed by atoms with Gasteiger partial charge < -0.3 is 10.6 Å². The minimum atomic E-state index is 0.000509. The van der Waals surface area contributed by atoms with E-state index in [1.807, 2.05) is 12.1 Å². The van der Waals surface area contributed by atoms with Crippen molar-refractivity contribution in [2.75, 3.05) is 7.05 Å². The maximum atomic E-state index is 11.4. The molecule has 1 heterocycles. The van der Waals surface area contributed by atoms with Gasteiger partial charge in [0.05, 0.1) is 0 Å². The number of benzene rings is 1. The zero-order valence-corrected chi connectivity index (χ0v) is 7.55. The number of carbonyl (C=O) groups excluding carboxylic acids is 1. The van der Waals surface area contributed by atoms with E-state index >= 15 is 0 Å². The quantitative estimate of drug-likeness (QED) is 0.659. The van der Waals surface area contributed by atoms with E-state index in [-0.39, 0.29) is 5.91 Å². The molecule has 3 heteroatoms. The van der Waals surface area contributed by atoms with E-state index in [0.29, 0.717) is 0 Å². The summed E-state index contributed by atoms with van der Waals surface area (Å²) >= 11 is 0. The average molecular weight is 176 g/mol. The molecule has 0 spiro atoms. The summed E-state index contributed by atoms with van der Waals surface area (Å²) in [6, 6.07) is 5.85. The normalized spacial score (nSPS) is 13.9. The van der Waals surface area contributed by atoms with Crippen LogP contribution in [0.5, 0.6) is 0 Å². The van der Waals surface area contributed by atoms with E-state index in [1.54, 1.807) is 7.05 Å². The highest BCUT2D eigenvalue weighted by Crippen LogP contribution is 2.19. The average Bonchev–Trinajstić information content (AvgIpc) is 2.63. The van der Waals surface area contributed by atoms with Crippen LogP contribution in [0, 0.1) is 0 Å². The van der Waals surface area contributed by atoms with Crippen molar-refractivity contribution in [3.63, 3.8) is 0 Å². The van der Waals surface area contributed by atoms with Crippen LogP contribution in [-0.4, -0.2) is 13.0 Å². The Balaban J connectivity index is 2.47. The molecule has 1 aromatic carbocycles. The van der Waals surface area contributed by atoms with Crippen molar-refractivity contribution in [3.8, 4) is 0 Å². The van der Waals surface area contributed by atoms with Crippen LogP contribution in [0.25, 0.3) is 0 Å². The fourth-order valence-corrected chi connectivity index (χ4v) is 1.68. The van der Waals surface area contributed by atoms with E-state index in [1.165, 1.54) is 5.56 Å². The van der Waals surface area contributed by atoms with Gasteiger partial charge in [0.25, 0.3) is 5.91 Å². The summed E-state index contributed by atoms with van der Waals surface area (Å²) in [5, 5.41) is 5.87. The summed E-state index contributed by atoms with van der Waals surface area (Å²) < 4.78 is 0. The van der Waals surface area contributed by atoms with Crippen LogP contribution in [0.3, 0.4) is 0 Å². The van der Waals surface area contributed by atoms with Gasteiger partial charge in [0.2, 0.25) is 0 Å². The number of fused-ring (bicyclic) bond motifs is 1. The van der Waals surface area contributed by atoms with Gasteiger partial charge in [0.15, 0.2) is 0 Å². The second-order valence-electron chi connectivity index (χ2n) is 3.13. The molecule has 2 N–H and O–H groups in total. The molecule has 0 bridgehead atoms. The lowest BCUT2D eigenvalue weighted by atomic mass is 10.0. The van der Waals surface area contributed by atoms with Gasteiger partial charge in [-0.25, -0.2) is 0 Å². The first kappa shape index (κ1) is 8.26. The fourth-order valence-electron chi connectivity index (χ4n) is 1.68. The summed E-state index contributed by atoms with van der Waals surface area (Å²) in [4.78, 5) is 11.4. The minimum Gasteiger partial charge on any atom is -0.355 e. The molecule has 68 valence electrons. The Morgan fingerprint density at radius 1 is 1.46 bits per heavy atom. The van der Waals surface area contributed by atoms with Gasteiger partial charge >= 0.3 is 0 Å². The molecular weight excluding hydrogens is 164 g/mol. The molecule has 1 aromatic rings. The molecule has 2 rings (SSSR count). The molecule has 0 radical (unpaired) electrons. The van der Waals surface area contributed by atoms with Crippen molar-refractivity contribution in [1.29, 1.82) is 0 Å². The summed E-state index contributed by atoms with van der Waals surface area (Å²) in [6.07, 6.45) is 0. The molecule has 0 aliphatic carbocycles. The number of nitrogens with one attached hydrogen (secondary N) is 2. The Morgan fingerprint density at radius 2 is 2.31 bits per heavy atom. The monoisotopic (exact) mass is 176 g/mol. The van der Waals surface area contributed by atoms with E-state index in [4.69, 9.17) is 0 Å². The zero-order chi connectivity index (χ0) is 9.26. The maximum Gasteiger partial charge on any atom is 0.251 e. The van der Waals surface area contributed by atoms with E-state index < -0.39 is 0 Å². The predicted octanol–water partition coefficient (Wildman–Crippen LogP) is 0.649. The molecule has 1 aliphatic rings. The van der Waals surface area contributed by atoms with Crippen molar-refractivity contribution in [3.05, 3.63) is 34.9 Å². The number of rotatable bonds is 1. The summed E-state index contributed by atoms with van der Waals surface area (Å²) in [6.45, 7) is 1.68. The van der Waals surface area contributed by atoms with Crippen molar-refractivity contribution >= 4 is 5.91 Å². The number of hydrogen-bond donors (Lipinski definition) is 2. The predicted molar refractivity (Wildman–Crippen MR) is 50.4 cm³/mol. The van der Waals surface area contributed by atoms with Gasteiger partial charge in [0.1, 0.15) is 0 Å². The molecule has 0 unspecified atom stereocenters. The number of carbonyl (C=O) groups is 1. The number of hydrogen-bond acceptors (Lipinski definition) is 2. The van der Waals surface area contributed by atoms with Crippen molar-refractivity contribution in [2.45, 2.75) is 13.1 Å². The lowest BCUT2D eigenvalue weighted by molar-refractivity contribution is 0.0962. The molecule has 3 nitrogen and oxygen atoms in total. The van der Waals surface area contributed by atoms with Gasteiger partial charge in [-0.2, -0.15) is 0 Å². The first-order chi connectivity index (χ1) is 6.33. The van der Waals surface area contributed by atoms with Crippen LogP contribution >= 0.6 is 0 Å². The SMILES string of the molecule is CNC(=O)c1cccc2c1CNC2. The van der Waals surface area contributed by atoms with Gasteiger partial charge in [-0.05, 0) is 17.2 Å². The summed E-state index contributed by atoms with van der Waals surface area (Å²) in [5.41, 5.74) is 3.17. The summed E-state index contributed by atoms with van der Waals surface area (Å²) in [5.74, 6) is 0.000509. The molecule has 0 fully saturated rings. The van der Waals surface area contributed by atoms with E-state index in [9.17, 15) is 4.79 Å². The van der Waals surface area contributed by atoms with Crippen LogP contribution < -0.4 is 10.6 Å². The maximum absolute atomic E-state index is 11.4. The Kier molecular flexibility index (Phi) is 2.02. The molecule has 1 amide bonds. The highest BCUT2D eigenvalue weighted by Gasteiger charge is 2.16. The Labute approximate surface area is 77.1 Å². The third-order valence-electron chi connectivity index (χ3n) is 2.36. The van der Waals surface area contributed by atoms with Crippen molar-refractivity contribution in [1.82, 2.24) is 10.6 Å². The largest absolute Gasteiger partial charge is 0.355 e. The highest BCUT2D eigenvalue weighted by molar-refractivity contribution is 5.95. The van der Waals surface area contributed by atoms with Gasteiger partial charge in [0, 0.05) is 25.7 Å². The molecule has 1 aliphatic heterocycles. The fraction of sp³-hybridized carbons (Fsp3) is 0.300. The lowest BCUT2D eigenvalue weighted by Crippen LogP contribution is -2.19. The van der Waals surface area contributed by atoms with Crippen LogP contribution in [0.2, 0.25) is 0 Å². The van der Waals surface area contributed by atoms with Crippen LogP contribution in [0.15, 0.2) is 18.2 Å². The van der Waals surface area contributed by atoms with Crippen LogP contribution in [0.1, 0.15) is 21.5 Å². The standard InChI is InChI=1S/C10H12N2O/c1-11-10(13)8-4-2-3-7-5-12-6-9(7)8/h2-4,12H,5-6H2,1H3,(H,11,13). The molecule has 0 saturated carbocycles. The van der Waals surface area contributed by atoms with Crippen LogP contribution in [0.4, 0.5) is 0 Å². The van der Waals surface area contributed by atoms with Crippen molar-refractivity contribution < 1.29 is 4.79 Å². The second-order valence-corrected chi connectivity index (χ2v) is 3.13.